The number of carbonyl (C=O) groups is 2. The second-order valence-corrected chi connectivity index (χ2v) is 19.9. The summed E-state index contributed by atoms with van der Waals surface area (Å²) in [5.74, 6) is -0.834. The molecule has 0 aliphatic carbocycles. The highest BCUT2D eigenvalue weighted by atomic mass is 31.2. The van der Waals surface area contributed by atoms with E-state index in [0.29, 0.717) is 6.42 Å². The summed E-state index contributed by atoms with van der Waals surface area (Å²) in [6.07, 6.45) is 63.1. The van der Waals surface area contributed by atoms with E-state index in [1.165, 1.54) is 148 Å². The highest BCUT2D eigenvalue weighted by molar-refractivity contribution is 7.47. The van der Waals surface area contributed by atoms with Crippen LogP contribution < -0.4 is 5.73 Å². The molecular weight excluding hydrogens is 846 g/mol. The Kier molecular flexibility index (Phi) is 50.7. The molecule has 0 saturated carbocycles. The van der Waals surface area contributed by atoms with Crippen molar-refractivity contribution in [2.24, 2.45) is 5.73 Å². The zero-order valence-electron chi connectivity index (χ0n) is 42.9. The first kappa shape index (κ1) is 64.0. The van der Waals surface area contributed by atoms with Crippen molar-refractivity contribution in [3.8, 4) is 0 Å². The Morgan fingerprint density at radius 3 is 1.24 bits per heavy atom. The maximum absolute atomic E-state index is 12.7. The standard InChI is InChI=1S/C56H104NO8P/c1-3-5-7-9-11-13-15-17-19-21-23-24-25-26-27-28-29-31-32-34-36-38-40-42-44-46-48-55(58)62-52-54(53-64-66(60,61)63-51-50-57)65-56(59)49-47-45-43-41-39-37-35-33-30-22-20-18-16-14-12-10-8-6-4-2/h6,8,12,14,18,20,30,33,54H,3-5,7,9-11,13,15-17,19,21-29,31-32,34-53,57H2,1-2H3,(H,60,61)/b8-6-,14-12-,20-18-,33-30-. The monoisotopic (exact) mass is 950 g/mol. The maximum atomic E-state index is 12.7. The fourth-order valence-electron chi connectivity index (χ4n) is 7.92. The van der Waals surface area contributed by atoms with Crippen LogP contribution in [0.3, 0.4) is 0 Å². The van der Waals surface area contributed by atoms with E-state index in [-0.39, 0.29) is 38.6 Å². The summed E-state index contributed by atoms with van der Waals surface area (Å²) in [6.45, 7) is 3.65. The van der Waals surface area contributed by atoms with Crippen LogP contribution >= 0.6 is 7.82 Å². The van der Waals surface area contributed by atoms with E-state index >= 15 is 0 Å². The molecule has 0 saturated heterocycles. The van der Waals surface area contributed by atoms with Crippen LogP contribution in [0.4, 0.5) is 0 Å². The second-order valence-electron chi connectivity index (χ2n) is 18.4. The number of esters is 2. The van der Waals surface area contributed by atoms with Crippen LogP contribution in [-0.2, 0) is 32.7 Å². The molecule has 0 radical (unpaired) electrons. The van der Waals surface area contributed by atoms with Gasteiger partial charge in [-0.2, -0.15) is 0 Å². The first-order chi connectivity index (χ1) is 32.3. The molecule has 0 aromatic heterocycles. The molecule has 0 bridgehead atoms. The number of phosphoric acid groups is 1. The minimum atomic E-state index is -4.39. The van der Waals surface area contributed by atoms with Crippen LogP contribution in [0.5, 0.6) is 0 Å². The molecule has 0 aliphatic rings. The number of hydrogen-bond acceptors (Lipinski definition) is 8. The minimum Gasteiger partial charge on any atom is -0.462 e. The molecule has 9 nitrogen and oxygen atoms in total. The number of carbonyl (C=O) groups excluding carboxylic acids is 2. The number of ether oxygens (including phenoxy) is 2. The lowest BCUT2D eigenvalue weighted by Gasteiger charge is -2.19. The number of rotatable bonds is 52. The van der Waals surface area contributed by atoms with E-state index in [1.54, 1.807) is 0 Å². The van der Waals surface area contributed by atoms with Crippen molar-refractivity contribution in [3.05, 3.63) is 48.6 Å². The third kappa shape index (κ3) is 51.4. The zero-order valence-corrected chi connectivity index (χ0v) is 43.8. The van der Waals surface area contributed by atoms with Gasteiger partial charge in [-0.25, -0.2) is 4.57 Å². The van der Waals surface area contributed by atoms with Gasteiger partial charge >= 0.3 is 19.8 Å². The SMILES string of the molecule is CC/C=C\C/C=C\C/C=C\C/C=C\CCCCCCCCC(=O)OC(COC(=O)CCCCCCCCCCCCCCCCCCCCCCCCCCCC)COP(=O)(O)OCCN. The molecule has 0 rings (SSSR count). The van der Waals surface area contributed by atoms with Crippen LogP contribution in [0, 0.1) is 0 Å². The van der Waals surface area contributed by atoms with Gasteiger partial charge < -0.3 is 20.1 Å². The van der Waals surface area contributed by atoms with Gasteiger partial charge in [0.2, 0.25) is 0 Å². The third-order valence-electron chi connectivity index (χ3n) is 12.0. The molecule has 0 heterocycles. The summed E-state index contributed by atoms with van der Waals surface area (Å²) in [4.78, 5) is 35.1. The van der Waals surface area contributed by atoms with Crippen LogP contribution in [0.15, 0.2) is 48.6 Å². The summed E-state index contributed by atoms with van der Waals surface area (Å²) < 4.78 is 33.0. The Hall–Kier alpha value is -2.03. The Bertz CT molecular complexity index is 1220. The van der Waals surface area contributed by atoms with Crippen molar-refractivity contribution < 1.29 is 37.6 Å². The lowest BCUT2D eigenvalue weighted by atomic mass is 10.0. The summed E-state index contributed by atoms with van der Waals surface area (Å²) >= 11 is 0. The van der Waals surface area contributed by atoms with E-state index in [2.05, 4.69) is 62.5 Å². The Morgan fingerprint density at radius 1 is 0.470 bits per heavy atom. The predicted molar refractivity (Wildman–Crippen MR) is 280 cm³/mol. The first-order valence-corrected chi connectivity index (χ1v) is 29.1. The second kappa shape index (κ2) is 52.3. The van der Waals surface area contributed by atoms with E-state index in [0.717, 1.165) is 83.5 Å². The fraction of sp³-hybridized carbons (Fsp3) is 0.821. The predicted octanol–water partition coefficient (Wildman–Crippen LogP) is 17.0. The third-order valence-corrected chi connectivity index (χ3v) is 13.0. The van der Waals surface area contributed by atoms with E-state index in [1.807, 2.05) is 0 Å². The molecule has 386 valence electrons. The smallest absolute Gasteiger partial charge is 0.462 e. The van der Waals surface area contributed by atoms with Gasteiger partial charge in [0, 0.05) is 19.4 Å². The first-order valence-electron chi connectivity index (χ1n) is 27.6. The molecule has 0 aliphatic heterocycles. The van der Waals surface area contributed by atoms with Crippen molar-refractivity contribution in [2.75, 3.05) is 26.4 Å². The molecule has 2 unspecified atom stereocenters. The van der Waals surface area contributed by atoms with Gasteiger partial charge in [0.15, 0.2) is 6.10 Å². The number of phosphoric ester groups is 1. The fourth-order valence-corrected chi connectivity index (χ4v) is 8.69. The van der Waals surface area contributed by atoms with Crippen molar-refractivity contribution in [3.63, 3.8) is 0 Å². The van der Waals surface area contributed by atoms with Crippen molar-refractivity contribution in [1.29, 1.82) is 0 Å². The summed E-state index contributed by atoms with van der Waals surface area (Å²) in [5.41, 5.74) is 5.37. The molecule has 3 N–H and O–H groups in total. The topological polar surface area (TPSA) is 134 Å². The van der Waals surface area contributed by atoms with E-state index in [4.69, 9.17) is 24.3 Å². The highest BCUT2D eigenvalue weighted by Gasteiger charge is 2.26. The Labute approximate surface area is 407 Å². The van der Waals surface area contributed by atoms with Crippen molar-refractivity contribution in [1.82, 2.24) is 0 Å². The van der Waals surface area contributed by atoms with Gasteiger partial charge in [0.1, 0.15) is 6.61 Å². The lowest BCUT2D eigenvalue weighted by Crippen LogP contribution is -2.29. The highest BCUT2D eigenvalue weighted by Crippen LogP contribution is 2.43. The largest absolute Gasteiger partial charge is 0.472 e. The number of unbranched alkanes of at least 4 members (excludes halogenated alkanes) is 31. The Morgan fingerprint density at radius 2 is 0.833 bits per heavy atom. The quantitative estimate of drug-likeness (QED) is 0.0264. The maximum Gasteiger partial charge on any atom is 0.472 e. The van der Waals surface area contributed by atoms with E-state index in [9.17, 15) is 19.0 Å². The molecule has 0 fully saturated rings. The normalized spacial score (nSPS) is 13.5. The molecule has 2 atom stereocenters. The molecule has 0 aromatic carbocycles. The molecule has 0 spiro atoms. The van der Waals surface area contributed by atoms with Gasteiger partial charge in [-0.05, 0) is 51.4 Å². The summed E-state index contributed by atoms with van der Waals surface area (Å²) in [6, 6.07) is 0. The molecule has 0 amide bonds. The van der Waals surface area contributed by atoms with Gasteiger partial charge in [-0.1, -0.05) is 249 Å². The number of allylic oxidation sites excluding steroid dienone is 8. The van der Waals surface area contributed by atoms with Crippen molar-refractivity contribution in [2.45, 2.75) is 270 Å². The van der Waals surface area contributed by atoms with Crippen LogP contribution in [0.2, 0.25) is 0 Å². The average molecular weight is 950 g/mol. The van der Waals surface area contributed by atoms with Crippen LogP contribution in [0.1, 0.15) is 264 Å². The minimum absolute atomic E-state index is 0.0505. The lowest BCUT2D eigenvalue weighted by molar-refractivity contribution is -0.161. The van der Waals surface area contributed by atoms with Crippen molar-refractivity contribution >= 4 is 19.8 Å². The Balaban J connectivity index is 3.96. The van der Waals surface area contributed by atoms with Gasteiger partial charge in [0.25, 0.3) is 0 Å². The molecule has 10 heteroatoms. The molecule has 66 heavy (non-hydrogen) atoms. The van der Waals surface area contributed by atoms with Gasteiger partial charge in [-0.15, -0.1) is 0 Å². The summed E-state index contributed by atoms with van der Waals surface area (Å²) in [5, 5.41) is 0. The average Bonchev–Trinajstić information content (AvgIpc) is 3.31. The molecular formula is C56H104NO8P. The molecule has 0 aromatic rings. The van der Waals surface area contributed by atoms with Gasteiger partial charge in [-0.3, -0.25) is 18.6 Å². The van der Waals surface area contributed by atoms with Gasteiger partial charge in [0.05, 0.1) is 13.2 Å². The van der Waals surface area contributed by atoms with Crippen LogP contribution in [-0.4, -0.2) is 49.3 Å². The number of hydrogen-bond donors (Lipinski definition) is 2. The number of nitrogens with two attached hydrogens (primary N) is 1. The zero-order chi connectivity index (χ0) is 48.1. The van der Waals surface area contributed by atoms with Crippen LogP contribution in [0.25, 0.3) is 0 Å². The summed E-state index contributed by atoms with van der Waals surface area (Å²) in [7, 11) is -4.39. The van der Waals surface area contributed by atoms with E-state index < -0.39 is 26.5 Å².